The second-order valence-corrected chi connectivity index (χ2v) is 3.87. The molecule has 0 saturated carbocycles. The lowest BCUT2D eigenvalue weighted by atomic mass is 10.00. The Kier molecular flexibility index (Phi) is 3.07. The summed E-state index contributed by atoms with van der Waals surface area (Å²) in [6.45, 7) is 0. The lowest BCUT2D eigenvalue weighted by Gasteiger charge is -2.13. The Balaban J connectivity index is 2.36. The topological polar surface area (TPSA) is 19.9 Å². The largest absolute Gasteiger partial charge is 0.418 e. The molecule has 0 aliphatic carbocycles. The highest BCUT2D eigenvalue weighted by Gasteiger charge is 2.39. The maximum Gasteiger partial charge on any atom is 0.418 e. The van der Waals surface area contributed by atoms with Gasteiger partial charge in [-0.25, -0.2) is 5.11 Å². The van der Waals surface area contributed by atoms with Crippen molar-refractivity contribution in [2.75, 3.05) is 0 Å². The standard InChI is InChI=1S/C13H10F3O/c14-13(15,16)12(17)8-10-6-3-5-9-4-1-2-7-11(9)10/h1-7,12H,8H2. The van der Waals surface area contributed by atoms with Crippen LogP contribution in [0.3, 0.4) is 0 Å². The summed E-state index contributed by atoms with van der Waals surface area (Å²) in [5.41, 5.74) is 0.445. The van der Waals surface area contributed by atoms with E-state index in [-0.39, 0.29) is 0 Å². The number of hydrogen-bond acceptors (Lipinski definition) is 0. The van der Waals surface area contributed by atoms with E-state index in [9.17, 15) is 18.3 Å². The van der Waals surface area contributed by atoms with Gasteiger partial charge in [0.1, 0.15) is 0 Å². The molecule has 4 heteroatoms. The van der Waals surface area contributed by atoms with Gasteiger partial charge in [-0.3, -0.25) is 0 Å². The Hall–Kier alpha value is -1.55. The van der Waals surface area contributed by atoms with E-state index in [2.05, 4.69) is 0 Å². The molecule has 1 nitrogen and oxygen atoms in total. The second kappa shape index (κ2) is 4.37. The van der Waals surface area contributed by atoms with Crippen LogP contribution in [-0.4, -0.2) is 12.3 Å². The van der Waals surface area contributed by atoms with Crippen molar-refractivity contribution >= 4 is 10.8 Å². The summed E-state index contributed by atoms with van der Waals surface area (Å²) >= 11 is 0. The van der Waals surface area contributed by atoms with Gasteiger partial charge in [-0.05, 0) is 16.3 Å². The fourth-order valence-electron chi connectivity index (χ4n) is 1.79. The van der Waals surface area contributed by atoms with Crippen LogP contribution in [0.25, 0.3) is 10.8 Å². The Bertz CT molecular complexity index is 514. The maximum atomic E-state index is 12.2. The molecule has 0 aliphatic heterocycles. The first-order chi connectivity index (χ1) is 7.98. The number of hydrogen-bond donors (Lipinski definition) is 0. The average molecular weight is 239 g/mol. The predicted molar refractivity (Wildman–Crippen MR) is 58.2 cm³/mol. The number of benzene rings is 2. The Morgan fingerprint density at radius 1 is 1.00 bits per heavy atom. The molecule has 0 saturated heterocycles. The van der Waals surface area contributed by atoms with Crippen LogP contribution in [0.5, 0.6) is 0 Å². The molecule has 1 radical (unpaired) electrons. The highest BCUT2D eigenvalue weighted by atomic mass is 19.4. The molecule has 0 heterocycles. The van der Waals surface area contributed by atoms with Crippen LogP contribution in [0, 0.1) is 0 Å². The first-order valence-electron chi connectivity index (χ1n) is 5.17. The maximum absolute atomic E-state index is 12.2. The molecule has 0 spiro atoms. The molecular formula is C13H10F3O. The van der Waals surface area contributed by atoms with Crippen molar-refractivity contribution < 1.29 is 18.3 Å². The molecule has 2 aromatic rings. The molecule has 0 N–H and O–H groups in total. The molecule has 0 amide bonds. The zero-order chi connectivity index (χ0) is 12.5. The van der Waals surface area contributed by atoms with E-state index in [0.29, 0.717) is 10.9 Å². The fraction of sp³-hybridized carbons (Fsp3) is 0.231. The van der Waals surface area contributed by atoms with Crippen LogP contribution < -0.4 is 0 Å². The second-order valence-electron chi connectivity index (χ2n) is 3.87. The number of fused-ring (bicyclic) bond motifs is 1. The van der Waals surface area contributed by atoms with Crippen LogP contribution in [0.15, 0.2) is 42.5 Å². The Morgan fingerprint density at radius 2 is 1.65 bits per heavy atom. The molecule has 1 unspecified atom stereocenters. The minimum Gasteiger partial charge on any atom is -0.223 e. The molecule has 17 heavy (non-hydrogen) atoms. The minimum absolute atomic E-state index is 0.445. The van der Waals surface area contributed by atoms with Crippen LogP contribution >= 0.6 is 0 Å². The van der Waals surface area contributed by atoms with E-state index < -0.39 is 18.7 Å². The third-order valence-electron chi connectivity index (χ3n) is 2.65. The lowest BCUT2D eigenvalue weighted by Crippen LogP contribution is -2.29. The van der Waals surface area contributed by atoms with Gasteiger partial charge in [0.2, 0.25) is 0 Å². The summed E-state index contributed by atoms with van der Waals surface area (Å²) < 4.78 is 36.7. The molecular weight excluding hydrogens is 229 g/mol. The monoisotopic (exact) mass is 239 g/mol. The van der Waals surface area contributed by atoms with E-state index in [1.54, 1.807) is 24.3 Å². The van der Waals surface area contributed by atoms with Crippen LogP contribution in [0.2, 0.25) is 0 Å². The van der Waals surface area contributed by atoms with Gasteiger partial charge in [0.15, 0.2) is 6.10 Å². The van der Waals surface area contributed by atoms with Gasteiger partial charge in [0.05, 0.1) is 0 Å². The molecule has 0 fully saturated rings. The summed E-state index contributed by atoms with van der Waals surface area (Å²) in [5, 5.41) is 12.6. The van der Waals surface area contributed by atoms with Gasteiger partial charge >= 0.3 is 6.18 Å². The smallest absolute Gasteiger partial charge is 0.223 e. The highest BCUT2D eigenvalue weighted by molar-refractivity contribution is 5.85. The van der Waals surface area contributed by atoms with Gasteiger partial charge in [0, 0.05) is 6.42 Å². The minimum atomic E-state index is -4.68. The first kappa shape index (κ1) is 11.9. The highest BCUT2D eigenvalue weighted by Crippen LogP contribution is 2.26. The van der Waals surface area contributed by atoms with Crippen LogP contribution in [0.4, 0.5) is 13.2 Å². The average Bonchev–Trinajstić information content (AvgIpc) is 2.28. The van der Waals surface area contributed by atoms with E-state index in [0.717, 1.165) is 5.39 Å². The SMILES string of the molecule is [O]C(Cc1cccc2ccccc12)C(F)(F)F. The number of rotatable bonds is 2. The molecule has 0 aliphatic rings. The number of halogens is 3. The zero-order valence-electron chi connectivity index (χ0n) is 8.87. The van der Waals surface area contributed by atoms with Gasteiger partial charge in [0.25, 0.3) is 0 Å². The molecule has 2 rings (SSSR count). The summed E-state index contributed by atoms with van der Waals surface area (Å²) in [6.07, 6.45) is -7.77. The zero-order valence-corrected chi connectivity index (χ0v) is 8.87. The van der Waals surface area contributed by atoms with Crippen molar-refractivity contribution in [3.63, 3.8) is 0 Å². The van der Waals surface area contributed by atoms with E-state index in [1.807, 2.05) is 18.2 Å². The Morgan fingerprint density at radius 3 is 2.35 bits per heavy atom. The Labute approximate surface area is 96.5 Å². The van der Waals surface area contributed by atoms with E-state index >= 15 is 0 Å². The molecule has 0 aromatic heterocycles. The van der Waals surface area contributed by atoms with E-state index in [1.165, 1.54) is 0 Å². The number of alkyl halides is 3. The summed E-state index contributed by atoms with van der Waals surface area (Å²) in [7, 11) is 0. The van der Waals surface area contributed by atoms with E-state index in [4.69, 9.17) is 0 Å². The summed E-state index contributed by atoms with van der Waals surface area (Å²) in [4.78, 5) is 0. The van der Waals surface area contributed by atoms with Crippen molar-refractivity contribution in [3.05, 3.63) is 48.0 Å². The van der Waals surface area contributed by atoms with Gasteiger partial charge in [-0.15, -0.1) is 0 Å². The summed E-state index contributed by atoms with van der Waals surface area (Å²) in [5.74, 6) is 0. The van der Waals surface area contributed by atoms with Crippen molar-refractivity contribution in [2.45, 2.75) is 18.7 Å². The van der Waals surface area contributed by atoms with Crippen molar-refractivity contribution in [1.82, 2.24) is 0 Å². The third kappa shape index (κ3) is 2.58. The van der Waals surface area contributed by atoms with Crippen molar-refractivity contribution in [1.29, 1.82) is 0 Å². The summed E-state index contributed by atoms with van der Waals surface area (Å²) in [6, 6.07) is 12.1. The molecule has 0 bridgehead atoms. The molecule has 89 valence electrons. The lowest BCUT2D eigenvalue weighted by molar-refractivity contribution is -0.220. The van der Waals surface area contributed by atoms with Gasteiger partial charge in [-0.1, -0.05) is 42.5 Å². The molecule has 1 atom stereocenters. The van der Waals surface area contributed by atoms with Gasteiger partial charge < -0.3 is 0 Å². The first-order valence-corrected chi connectivity index (χ1v) is 5.17. The van der Waals surface area contributed by atoms with Crippen molar-refractivity contribution in [3.8, 4) is 0 Å². The quantitative estimate of drug-likeness (QED) is 0.760. The normalized spacial score (nSPS) is 13.9. The van der Waals surface area contributed by atoms with Gasteiger partial charge in [-0.2, -0.15) is 13.2 Å². The molecule has 2 aromatic carbocycles. The van der Waals surface area contributed by atoms with Crippen LogP contribution in [0.1, 0.15) is 5.56 Å². The van der Waals surface area contributed by atoms with Crippen LogP contribution in [-0.2, 0) is 11.5 Å². The predicted octanol–water partition coefficient (Wildman–Crippen LogP) is 3.74. The third-order valence-corrected chi connectivity index (χ3v) is 2.65. The van der Waals surface area contributed by atoms with Crippen molar-refractivity contribution in [2.24, 2.45) is 0 Å². The fourth-order valence-corrected chi connectivity index (χ4v) is 1.79.